The van der Waals surface area contributed by atoms with Gasteiger partial charge in [0.2, 0.25) is 0 Å². The summed E-state index contributed by atoms with van der Waals surface area (Å²) in [6, 6.07) is 0.572. The molecule has 0 radical (unpaired) electrons. The molecule has 1 fully saturated rings. The van der Waals surface area contributed by atoms with Crippen molar-refractivity contribution in [1.29, 1.82) is 0 Å². The minimum atomic E-state index is 0.572. The number of hydrogen-bond donors (Lipinski definition) is 1. The summed E-state index contributed by atoms with van der Waals surface area (Å²) in [5.74, 6) is 1.52. The standard InChI is InChI=1S/C16H29N3OS/c1-12(2)9-17-10-15-11-21-16(18-15)19(7-8-20-4)13(3)14-5-6-14/h11-14,17H,5-10H2,1-4H3. The van der Waals surface area contributed by atoms with Crippen LogP contribution < -0.4 is 10.2 Å². The summed E-state index contributed by atoms with van der Waals surface area (Å²) in [7, 11) is 1.77. The molecular formula is C16H29N3OS. The average molecular weight is 311 g/mol. The predicted octanol–water partition coefficient (Wildman–Crippen LogP) is 3.14. The molecule has 0 bridgehead atoms. The van der Waals surface area contributed by atoms with Crippen LogP contribution in [0.15, 0.2) is 5.38 Å². The highest BCUT2D eigenvalue weighted by molar-refractivity contribution is 7.13. The summed E-state index contributed by atoms with van der Waals surface area (Å²) in [4.78, 5) is 7.25. The van der Waals surface area contributed by atoms with Gasteiger partial charge in [0.15, 0.2) is 5.13 Å². The van der Waals surface area contributed by atoms with Crippen LogP contribution >= 0.6 is 11.3 Å². The number of anilines is 1. The number of nitrogens with one attached hydrogen (secondary N) is 1. The highest BCUT2D eigenvalue weighted by Crippen LogP contribution is 2.37. The Kier molecular flexibility index (Phi) is 6.45. The number of methoxy groups -OCH3 is 1. The van der Waals surface area contributed by atoms with E-state index in [9.17, 15) is 0 Å². The molecule has 1 aromatic rings. The third-order valence-electron chi connectivity index (χ3n) is 3.98. The molecular weight excluding hydrogens is 282 g/mol. The molecule has 1 saturated carbocycles. The van der Waals surface area contributed by atoms with Crippen molar-refractivity contribution in [2.24, 2.45) is 11.8 Å². The van der Waals surface area contributed by atoms with E-state index in [-0.39, 0.29) is 0 Å². The van der Waals surface area contributed by atoms with Gasteiger partial charge >= 0.3 is 0 Å². The SMILES string of the molecule is COCCN(c1nc(CNCC(C)C)cs1)C(C)C1CC1. The van der Waals surface area contributed by atoms with Gasteiger partial charge in [-0.25, -0.2) is 4.98 Å². The molecule has 1 heterocycles. The predicted molar refractivity (Wildman–Crippen MR) is 90.1 cm³/mol. The molecule has 0 aromatic carbocycles. The zero-order chi connectivity index (χ0) is 15.2. The lowest BCUT2D eigenvalue weighted by atomic mass is 10.2. The van der Waals surface area contributed by atoms with E-state index >= 15 is 0 Å². The number of nitrogens with zero attached hydrogens (tertiary/aromatic N) is 2. The smallest absolute Gasteiger partial charge is 0.185 e. The second-order valence-corrected chi connectivity index (χ2v) is 7.25. The van der Waals surface area contributed by atoms with Gasteiger partial charge in [0.25, 0.3) is 0 Å². The fraction of sp³-hybridized carbons (Fsp3) is 0.812. The lowest BCUT2D eigenvalue weighted by molar-refractivity contribution is 0.202. The second-order valence-electron chi connectivity index (χ2n) is 6.41. The van der Waals surface area contributed by atoms with E-state index in [1.807, 2.05) is 0 Å². The average Bonchev–Trinajstić information content (AvgIpc) is 3.20. The van der Waals surface area contributed by atoms with Crippen LogP contribution in [0.2, 0.25) is 0 Å². The van der Waals surface area contributed by atoms with Crippen molar-refractivity contribution in [1.82, 2.24) is 10.3 Å². The molecule has 0 saturated heterocycles. The van der Waals surface area contributed by atoms with Crippen molar-refractivity contribution in [2.75, 3.05) is 31.7 Å². The molecule has 21 heavy (non-hydrogen) atoms. The Morgan fingerprint density at radius 3 is 2.81 bits per heavy atom. The van der Waals surface area contributed by atoms with Gasteiger partial charge in [0, 0.05) is 31.6 Å². The first-order valence-corrected chi connectivity index (χ1v) is 8.90. The monoisotopic (exact) mass is 311 g/mol. The van der Waals surface area contributed by atoms with E-state index in [1.54, 1.807) is 18.4 Å². The summed E-state index contributed by atoms with van der Waals surface area (Å²) in [5.41, 5.74) is 1.15. The Morgan fingerprint density at radius 2 is 2.19 bits per heavy atom. The van der Waals surface area contributed by atoms with Crippen LogP contribution in [0, 0.1) is 11.8 Å². The lowest BCUT2D eigenvalue weighted by Crippen LogP contribution is -2.37. The van der Waals surface area contributed by atoms with E-state index in [1.165, 1.54) is 12.8 Å². The summed E-state index contributed by atoms with van der Waals surface area (Å²) < 4.78 is 5.27. The molecule has 1 N–H and O–H groups in total. The van der Waals surface area contributed by atoms with Crippen LogP contribution in [0.25, 0.3) is 0 Å². The van der Waals surface area contributed by atoms with Crippen LogP contribution in [-0.4, -0.2) is 37.8 Å². The molecule has 1 aromatic heterocycles. The van der Waals surface area contributed by atoms with Gasteiger partial charge in [-0.15, -0.1) is 11.3 Å². The Morgan fingerprint density at radius 1 is 1.43 bits per heavy atom. The third kappa shape index (κ3) is 5.24. The highest BCUT2D eigenvalue weighted by atomic mass is 32.1. The lowest BCUT2D eigenvalue weighted by Gasteiger charge is -2.28. The van der Waals surface area contributed by atoms with Crippen LogP contribution in [0.5, 0.6) is 0 Å². The molecule has 0 aliphatic heterocycles. The molecule has 1 atom stereocenters. The fourth-order valence-electron chi connectivity index (χ4n) is 2.49. The minimum absolute atomic E-state index is 0.572. The first-order valence-electron chi connectivity index (χ1n) is 8.02. The van der Waals surface area contributed by atoms with E-state index < -0.39 is 0 Å². The molecule has 0 spiro atoms. The Labute approximate surface area is 132 Å². The number of aromatic nitrogens is 1. The van der Waals surface area contributed by atoms with Crippen molar-refractivity contribution in [3.63, 3.8) is 0 Å². The van der Waals surface area contributed by atoms with Gasteiger partial charge in [0.05, 0.1) is 12.3 Å². The van der Waals surface area contributed by atoms with Crippen LogP contribution in [0.4, 0.5) is 5.13 Å². The van der Waals surface area contributed by atoms with Crippen LogP contribution in [-0.2, 0) is 11.3 Å². The molecule has 1 aliphatic rings. The normalized spacial score (nSPS) is 16.4. The Bertz CT molecular complexity index is 417. The van der Waals surface area contributed by atoms with Gasteiger partial charge < -0.3 is 15.0 Å². The minimum Gasteiger partial charge on any atom is -0.383 e. The van der Waals surface area contributed by atoms with E-state index in [0.29, 0.717) is 12.0 Å². The number of thiazole rings is 1. The largest absolute Gasteiger partial charge is 0.383 e. The molecule has 1 unspecified atom stereocenters. The van der Waals surface area contributed by atoms with E-state index in [4.69, 9.17) is 9.72 Å². The maximum Gasteiger partial charge on any atom is 0.185 e. The molecule has 4 nitrogen and oxygen atoms in total. The molecule has 120 valence electrons. The summed E-state index contributed by atoms with van der Waals surface area (Å²) in [5, 5.41) is 6.79. The van der Waals surface area contributed by atoms with E-state index in [2.05, 4.69) is 36.4 Å². The zero-order valence-corrected chi connectivity index (χ0v) is 14.6. The van der Waals surface area contributed by atoms with Crippen molar-refractivity contribution in [3.8, 4) is 0 Å². The number of hydrogen-bond acceptors (Lipinski definition) is 5. The fourth-order valence-corrected chi connectivity index (χ4v) is 3.43. The quantitative estimate of drug-likeness (QED) is 0.720. The van der Waals surface area contributed by atoms with Crippen LogP contribution in [0.1, 0.15) is 39.3 Å². The molecule has 5 heteroatoms. The number of ether oxygens (including phenoxy) is 1. The maximum atomic E-state index is 5.27. The third-order valence-corrected chi connectivity index (χ3v) is 4.90. The van der Waals surface area contributed by atoms with Crippen molar-refractivity contribution in [2.45, 2.75) is 46.2 Å². The topological polar surface area (TPSA) is 37.4 Å². The highest BCUT2D eigenvalue weighted by Gasteiger charge is 2.33. The van der Waals surface area contributed by atoms with Crippen molar-refractivity contribution in [3.05, 3.63) is 11.1 Å². The van der Waals surface area contributed by atoms with Crippen molar-refractivity contribution < 1.29 is 4.74 Å². The maximum absolute atomic E-state index is 5.27. The summed E-state index contributed by atoms with van der Waals surface area (Å²) >= 11 is 1.76. The van der Waals surface area contributed by atoms with E-state index in [0.717, 1.165) is 43.0 Å². The van der Waals surface area contributed by atoms with Crippen LogP contribution in [0.3, 0.4) is 0 Å². The van der Waals surface area contributed by atoms with Gasteiger partial charge in [-0.1, -0.05) is 13.8 Å². The Hall–Kier alpha value is -0.650. The Balaban J connectivity index is 1.93. The van der Waals surface area contributed by atoms with Gasteiger partial charge in [0.1, 0.15) is 0 Å². The zero-order valence-electron chi connectivity index (χ0n) is 13.8. The van der Waals surface area contributed by atoms with Gasteiger partial charge in [-0.2, -0.15) is 0 Å². The molecule has 2 rings (SSSR count). The first kappa shape index (κ1) is 16.7. The summed E-state index contributed by atoms with van der Waals surface area (Å²) in [6.07, 6.45) is 2.72. The van der Waals surface area contributed by atoms with Gasteiger partial charge in [-0.05, 0) is 38.1 Å². The molecule has 1 aliphatic carbocycles. The first-order chi connectivity index (χ1) is 10.1. The molecule has 0 amide bonds. The summed E-state index contributed by atoms with van der Waals surface area (Å²) in [6.45, 7) is 10.4. The second kappa shape index (κ2) is 8.11. The van der Waals surface area contributed by atoms with Gasteiger partial charge in [-0.3, -0.25) is 0 Å². The number of rotatable bonds is 10. The van der Waals surface area contributed by atoms with Crippen molar-refractivity contribution >= 4 is 16.5 Å².